The molecule has 5 nitrogen and oxygen atoms in total. The van der Waals surface area contributed by atoms with Crippen LogP contribution >= 0.6 is 0 Å². The smallest absolute Gasteiger partial charge is 0.315 e. The third-order valence-corrected chi connectivity index (χ3v) is 3.91. The van der Waals surface area contributed by atoms with Crippen molar-refractivity contribution >= 4 is 6.03 Å². The lowest BCUT2D eigenvalue weighted by atomic mass is 10.1. The Hall–Kier alpha value is -3.08. The quantitative estimate of drug-likeness (QED) is 0.698. The lowest BCUT2D eigenvalue weighted by molar-refractivity contribution is 0.240. The Balaban J connectivity index is 1.42. The Labute approximate surface area is 147 Å². The number of amides is 2. The van der Waals surface area contributed by atoms with Gasteiger partial charge in [-0.1, -0.05) is 54.6 Å². The maximum Gasteiger partial charge on any atom is 0.315 e. The van der Waals surface area contributed by atoms with Crippen molar-refractivity contribution in [2.45, 2.75) is 19.5 Å². The zero-order chi connectivity index (χ0) is 17.3. The van der Waals surface area contributed by atoms with Crippen molar-refractivity contribution in [1.82, 2.24) is 20.2 Å². The van der Waals surface area contributed by atoms with Gasteiger partial charge in [0, 0.05) is 32.0 Å². The van der Waals surface area contributed by atoms with Crippen LogP contribution in [0.4, 0.5) is 4.79 Å². The van der Waals surface area contributed by atoms with Crippen LogP contribution in [0.1, 0.15) is 16.7 Å². The second-order valence-electron chi connectivity index (χ2n) is 5.90. The summed E-state index contributed by atoms with van der Waals surface area (Å²) in [4.78, 5) is 16.0. The second kappa shape index (κ2) is 8.68. The lowest BCUT2D eigenvalue weighted by Crippen LogP contribution is -2.36. The molecule has 0 bridgehead atoms. The van der Waals surface area contributed by atoms with Crippen LogP contribution in [0.5, 0.6) is 0 Å². The van der Waals surface area contributed by atoms with E-state index in [1.165, 1.54) is 11.1 Å². The highest BCUT2D eigenvalue weighted by molar-refractivity contribution is 5.73. The van der Waals surface area contributed by atoms with Crippen LogP contribution in [0.15, 0.2) is 73.3 Å². The van der Waals surface area contributed by atoms with Crippen molar-refractivity contribution in [3.63, 3.8) is 0 Å². The van der Waals surface area contributed by atoms with E-state index in [0.717, 1.165) is 18.5 Å². The Morgan fingerprint density at radius 2 is 1.76 bits per heavy atom. The molecule has 0 unspecified atom stereocenters. The minimum Gasteiger partial charge on any atom is -0.338 e. The summed E-state index contributed by atoms with van der Waals surface area (Å²) in [5.74, 6) is 0. The first-order valence-corrected chi connectivity index (χ1v) is 8.39. The first kappa shape index (κ1) is 16.8. The molecule has 3 aromatic rings. The summed E-state index contributed by atoms with van der Waals surface area (Å²) >= 11 is 0. The van der Waals surface area contributed by atoms with Gasteiger partial charge in [0.1, 0.15) is 0 Å². The van der Waals surface area contributed by atoms with Crippen LogP contribution in [0.25, 0.3) is 0 Å². The van der Waals surface area contributed by atoms with Gasteiger partial charge in [-0.2, -0.15) is 0 Å². The number of benzene rings is 2. The third-order valence-electron chi connectivity index (χ3n) is 3.91. The number of aromatic nitrogens is 2. The zero-order valence-electron chi connectivity index (χ0n) is 14.1. The van der Waals surface area contributed by atoms with Gasteiger partial charge in [0.25, 0.3) is 0 Å². The minimum absolute atomic E-state index is 0.143. The van der Waals surface area contributed by atoms with E-state index in [-0.39, 0.29) is 6.03 Å². The largest absolute Gasteiger partial charge is 0.338 e. The van der Waals surface area contributed by atoms with Gasteiger partial charge < -0.3 is 15.2 Å². The molecule has 1 aromatic heterocycles. The van der Waals surface area contributed by atoms with Gasteiger partial charge in [-0.25, -0.2) is 9.78 Å². The number of nitrogens with one attached hydrogen (secondary N) is 2. The van der Waals surface area contributed by atoms with Gasteiger partial charge >= 0.3 is 6.03 Å². The molecule has 0 aliphatic rings. The summed E-state index contributed by atoms with van der Waals surface area (Å²) in [6.45, 7) is 1.91. The van der Waals surface area contributed by atoms with Crippen LogP contribution < -0.4 is 10.6 Å². The van der Waals surface area contributed by atoms with E-state index in [1.54, 1.807) is 12.5 Å². The number of rotatable bonds is 7. The third kappa shape index (κ3) is 5.49. The number of urea groups is 1. The normalized spacial score (nSPS) is 10.4. The van der Waals surface area contributed by atoms with Gasteiger partial charge in [-0.05, 0) is 23.1 Å². The molecule has 3 rings (SSSR count). The molecule has 0 fully saturated rings. The standard InChI is InChI=1S/C20H22N4O/c25-20(22-10-9-17-5-2-1-3-6-17)23-14-18-7-4-8-19(13-18)15-24-12-11-21-16-24/h1-8,11-13,16H,9-10,14-15H2,(H2,22,23,25). The molecule has 1 heterocycles. The van der Waals surface area contributed by atoms with E-state index in [4.69, 9.17) is 0 Å². The Morgan fingerprint density at radius 3 is 2.56 bits per heavy atom. The minimum atomic E-state index is -0.143. The van der Waals surface area contributed by atoms with Crippen molar-refractivity contribution < 1.29 is 4.79 Å². The number of hydrogen-bond acceptors (Lipinski definition) is 2. The van der Waals surface area contributed by atoms with Crippen molar-refractivity contribution in [3.05, 3.63) is 90.0 Å². The predicted molar refractivity (Wildman–Crippen MR) is 98.2 cm³/mol. The first-order chi connectivity index (χ1) is 12.3. The van der Waals surface area contributed by atoms with Gasteiger partial charge in [0.15, 0.2) is 0 Å². The molecule has 0 saturated heterocycles. The van der Waals surface area contributed by atoms with Crippen LogP contribution in [0, 0.1) is 0 Å². The summed E-state index contributed by atoms with van der Waals surface area (Å²) in [5.41, 5.74) is 3.48. The molecule has 25 heavy (non-hydrogen) atoms. The predicted octanol–water partition coefficient (Wildman–Crippen LogP) is 2.97. The Morgan fingerprint density at radius 1 is 0.960 bits per heavy atom. The first-order valence-electron chi connectivity index (χ1n) is 8.39. The van der Waals surface area contributed by atoms with E-state index >= 15 is 0 Å². The number of imidazole rings is 1. The highest BCUT2D eigenvalue weighted by Gasteiger charge is 2.02. The fourth-order valence-electron chi connectivity index (χ4n) is 2.64. The van der Waals surface area contributed by atoms with E-state index in [0.29, 0.717) is 13.1 Å². The monoisotopic (exact) mass is 334 g/mol. The van der Waals surface area contributed by atoms with Crippen molar-refractivity contribution in [2.75, 3.05) is 6.54 Å². The Bertz CT molecular complexity index is 784. The molecule has 2 N–H and O–H groups in total. The summed E-state index contributed by atoms with van der Waals surface area (Å²) < 4.78 is 2.02. The topological polar surface area (TPSA) is 59.0 Å². The molecule has 5 heteroatoms. The molecule has 0 spiro atoms. The molecule has 0 aliphatic heterocycles. The van der Waals surface area contributed by atoms with E-state index in [1.807, 2.05) is 41.1 Å². The van der Waals surface area contributed by atoms with Gasteiger partial charge in [-0.3, -0.25) is 0 Å². The molecular formula is C20H22N4O. The number of carbonyl (C=O) groups is 1. The summed E-state index contributed by atoms with van der Waals surface area (Å²) in [6, 6.07) is 18.2. The number of carbonyl (C=O) groups excluding carboxylic acids is 1. The summed E-state index contributed by atoms with van der Waals surface area (Å²) in [6.07, 6.45) is 6.33. The Kier molecular flexibility index (Phi) is 5.82. The van der Waals surface area contributed by atoms with Crippen molar-refractivity contribution in [2.24, 2.45) is 0 Å². The maximum atomic E-state index is 11.9. The van der Waals surface area contributed by atoms with Gasteiger partial charge in [0.2, 0.25) is 0 Å². The highest BCUT2D eigenvalue weighted by atomic mass is 16.2. The average Bonchev–Trinajstić information content (AvgIpc) is 3.14. The molecule has 0 aliphatic carbocycles. The average molecular weight is 334 g/mol. The molecule has 0 radical (unpaired) electrons. The summed E-state index contributed by atoms with van der Waals surface area (Å²) in [5, 5.41) is 5.79. The van der Waals surface area contributed by atoms with E-state index < -0.39 is 0 Å². The zero-order valence-corrected chi connectivity index (χ0v) is 14.1. The molecule has 2 aromatic carbocycles. The van der Waals surface area contributed by atoms with Crippen molar-refractivity contribution in [3.8, 4) is 0 Å². The van der Waals surface area contributed by atoms with Crippen LogP contribution in [0.2, 0.25) is 0 Å². The van der Waals surface area contributed by atoms with E-state index in [2.05, 4.69) is 39.9 Å². The molecule has 0 atom stereocenters. The second-order valence-corrected chi connectivity index (χ2v) is 5.90. The van der Waals surface area contributed by atoms with Gasteiger partial charge in [-0.15, -0.1) is 0 Å². The highest BCUT2D eigenvalue weighted by Crippen LogP contribution is 2.07. The van der Waals surface area contributed by atoms with Crippen LogP contribution in [0.3, 0.4) is 0 Å². The number of hydrogen-bond donors (Lipinski definition) is 2. The van der Waals surface area contributed by atoms with E-state index in [9.17, 15) is 4.79 Å². The maximum absolute atomic E-state index is 11.9. The summed E-state index contributed by atoms with van der Waals surface area (Å²) in [7, 11) is 0. The van der Waals surface area contributed by atoms with Crippen LogP contribution in [-0.2, 0) is 19.5 Å². The SMILES string of the molecule is O=C(NCCc1ccccc1)NCc1cccc(Cn2ccnc2)c1. The molecule has 2 amide bonds. The van der Waals surface area contributed by atoms with Crippen LogP contribution in [-0.4, -0.2) is 22.1 Å². The molecule has 0 saturated carbocycles. The number of nitrogens with zero attached hydrogens (tertiary/aromatic N) is 2. The van der Waals surface area contributed by atoms with Gasteiger partial charge in [0.05, 0.1) is 6.33 Å². The molecular weight excluding hydrogens is 312 g/mol. The lowest BCUT2D eigenvalue weighted by Gasteiger charge is -2.09. The fraction of sp³-hybridized carbons (Fsp3) is 0.200. The van der Waals surface area contributed by atoms with Crippen molar-refractivity contribution in [1.29, 1.82) is 0 Å². The molecule has 128 valence electrons. The fourth-order valence-corrected chi connectivity index (χ4v) is 2.64.